The van der Waals surface area contributed by atoms with Gasteiger partial charge in [-0.1, -0.05) is 13.8 Å². The lowest BCUT2D eigenvalue weighted by Gasteiger charge is -2.19. The Morgan fingerprint density at radius 3 is 2.33 bits per heavy atom. The highest BCUT2D eigenvalue weighted by molar-refractivity contribution is 7.89. The summed E-state index contributed by atoms with van der Waals surface area (Å²) in [5.41, 5.74) is -0.268. The van der Waals surface area contributed by atoms with E-state index in [-0.39, 0.29) is 40.7 Å². The number of aromatic hydroxyl groups is 1. The summed E-state index contributed by atoms with van der Waals surface area (Å²) in [5, 5.41) is 21.2. The third-order valence-electron chi connectivity index (χ3n) is 3.80. The van der Waals surface area contributed by atoms with Crippen LogP contribution < -0.4 is 5.32 Å². The normalized spacial score (nSPS) is 11.4. The lowest BCUT2D eigenvalue weighted by Crippen LogP contribution is -2.30. The first-order chi connectivity index (χ1) is 12.7. The van der Waals surface area contributed by atoms with Gasteiger partial charge >= 0.3 is 5.97 Å². The van der Waals surface area contributed by atoms with E-state index >= 15 is 0 Å². The maximum atomic E-state index is 12.6. The number of carboxylic acids is 1. The number of phenols is 1. The van der Waals surface area contributed by atoms with Gasteiger partial charge in [0.15, 0.2) is 0 Å². The molecule has 0 radical (unpaired) electrons. The molecule has 0 aliphatic rings. The number of hydrogen-bond donors (Lipinski definition) is 3. The molecule has 2 aromatic rings. The summed E-state index contributed by atoms with van der Waals surface area (Å²) < 4.78 is 26.4. The van der Waals surface area contributed by atoms with Crippen LogP contribution in [0.5, 0.6) is 5.75 Å². The maximum Gasteiger partial charge on any atom is 0.337 e. The topological polar surface area (TPSA) is 137 Å². The van der Waals surface area contributed by atoms with E-state index in [0.717, 1.165) is 12.3 Å². The Hall–Kier alpha value is -2.98. The molecule has 0 saturated carbocycles. The second-order valence-electron chi connectivity index (χ2n) is 5.46. The van der Waals surface area contributed by atoms with Crippen LogP contribution in [0.4, 0.5) is 5.69 Å². The highest BCUT2D eigenvalue weighted by Crippen LogP contribution is 2.28. The van der Waals surface area contributed by atoms with E-state index in [1.54, 1.807) is 13.8 Å². The summed E-state index contributed by atoms with van der Waals surface area (Å²) in [4.78, 5) is 26.8. The van der Waals surface area contributed by atoms with Crippen molar-refractivity contribution in [2.75, 3.05) is 18.4 Å². The molecule has 144 valence electrons. The molecule has 27 heavy (non-hydrogen) atoms. The van der Waals surface area contributed by atoms with Crippen molar-refractivity contribution in [1.82, 2.24) is 9.29 Å². The van der Waals surface area contributed by atoms with Crippen LogP contribution in [0.2, 0.25) is 0 Å². The molecule has 1 amide bonds. The largest absolute Gasteiger partial charge is 0.506 e. The number of nitrogens with zero attached hydrogens (tertiary/aromatic N) is 2. The van der Waals surface area contributed by atoms with E-state index in [1.807, 2.05) is 0 Å². The van der Waals surface area contributed by atoms with E-state index in [2.05, 4.69) is 10.3 Å². The first-order valence-electron chi connectivity index (χ1n) is 8.04. The molecule has 0 aliphatic carbocycles. The molecule has 3 N–H and O–H groups in total. The lowest BCUT2D eigenvalue weighted by molar-refractivity contribution is 0.0695. The minimum Gasteiger partial charge on any atom is -0.506 e. The monoisotopic (exact) mass is 393 g/mol. The molecule has 2 rings (SSSR count). The summed E-state index contributed by atoms with van der Waals surface area (Å²) in [7, 11) is -3.77. The highest BCUT2D eigenvalue weighted by Gasteiger charge is 2.23. The minimum absolute atomic E-state index is 0.0755. The van der Waals surface area contributed by atoms with Crippen LogP contribution in [-0.4, -0.2) is 52.9 Å². The van der Waals surface area contributed by atoms with Gasteiger partial charge < -0.3 is 15.5 Å². The summed E-state index contributed by atoms with van der Waals surface area (Å²) in [6.45, 7) is 3.97. The lowest BCUT2D eigenvalue weighted by atomic mass is 10.2. The van der Waals surface area contributed by atoms with Crippen LogP contribution in [0.15, 0.2) is 41.4 Å². The van der Waals surface area contributed by atoms with Gasteiger partial charge in [-0.15, -0.1) is 0 Å². The first kappa shape index (κ1) is 20.3. The number of rotatable bonds is 7. The second kappa shape index (κ2) is 8.14. The van der Waals surface area contributed by atoms with E-state index in [0.29, 0.717) is 0 Å². The van der Waals surface area contributed by atoms with Gasteiger partial charge in [0.25, 0.3) is 5.91 Å². The number of sulfonamides is 1. The number of amides is 1. The molecule has 9 nitrogen and oxygen atoms in total. The van der Waals surface area contributed by atoms with Crippen molar-refractivity contribution in [1.29, 1.82) is 0 Å². The summed E-state index contributed by atoms with van der Waals surface area (Å²) in [5.74, 6) is -2.22. The highest BCUT2D eigenvalue weighted by atomic mass is 32.2. The van der Waals surface area contributed by atoms with Crippen LogP contribution >= 0.6 is 0 Å². The fraction of sp³-hybridized carbons (Fsp3) is 0.235. The van der Waals surface area contributed by atoms with Crippen LogP contribution in [-0.2, 0) is 10.0 Å². The number of phenolic OH excluding ortho intramolecular Hbond substituents is 1. The quantitative estimate of drug-likeness (QED) is 0.610. The standard InChI is InChI=1S/C17H19N3O6S/c1-3-20(4-2)27(25,26)12-6-8-15(21)14(9-12)19-16(22)13-7-5-11(10-18-13)17(23)24/h5-10,21H,3-4H2,1-2H3,(H,19,22)(H,23,24). The fourth-order valence-corrected chi connectivity index (χ4v) is 3.81. The smallest absolute Gasteiger partial charge is 0.337 e. The fourth-order valence-electron chi connectivity index (χ4n) is 2.33. The number of carbonyl (C=O) groups is 2. The third kappa shape index (κ3) is 4.41. The molecule has 1 aromatic carbocycles. The molecule has 0 spiro atoms. The number of carboxylic acid groups (broad SMARTS) is 1. The number of aromatic nitrogens is 1. The van der Waals surface area contributed by atoms with Crippen LogP contribution in [0.3, 0.4) is 0 Å². The number of hydrogen-bond acceptors (Lipinski definition) is 6. The van der Waals surface area contributed by atoms with Crippen molar-refractivity contribution in [2.45, 2.75) is 18.7 Å². The summed E-state index contributed by atoms with van der Waals surface area (Å²) in [6, 6.07) is 6.01. The number of aromatic carboxylic acids is 1. The van der Waals surface area contributed by atoms with Crippen molar-refractivity contribution >= 4 is 27.6 Å². The van der Waals surface area contributed by atoms with Gasteiger partial charge in [0.05, 0.1) is 16.1 Å². The van der Waals surface area contributed by atoms with Crippen LogP contribution in [0.1, 0.15) is 34.7 Å². The Balaban J connectivity index is 2.31. The molecule has 0 unspecified atom stereocenters. The van der Waals surface area contributed by atoms with E-state index in [1.165, 1.54) is 28.6 Å². The molecule has 10 heteroatoms. The second-order valence-corrected chi connectivity index (χ2v) is 7.40. The number of pyridine rings is 1. The molecular weight excluding hydrogens is 374 g/mol. The van der Waals surface area contributed by atoms with Crippen molar-refractivity contribution in [3.05, 3.63) is 47.8 Å². The van der Waals surface area contributed by atoms with Gasteiger partial charge in [-0.3, -0.25) is 9.78 Å². The molecule has 0 fully saturated rings. The predicted molar refractivity (Wildman–Crippen MR) is 97.4 cm³/mol. The number of benzene rings is 1. The molecule has 1 heterocycles. The Labute approximate surface area is 156 Å². The van der Waals surface area contributed by atoms with Crippen LogP contribution in [0.25, 0.3) is 0 Å². The maximum absolute atomic E-state index is 12.6. The Kier molecular flexibility index (Phi) is 6.13. The first-order valence-corrected chi connectivity index (χ1v) is 9.48. The molecule has 1 aromatic heterocycles. The Morgan fingerprint density at radius 1 is 1.15 bits per heavy atom. The van der Waals surface area contributed by atoms with E-state index in [4.69, 9.17) is 5.11 Å². The van der Waals surface area contributed by atoms with Gasteiger partial charge in [-0.05, 0) is 30.3 Å². The van der Waals surface area contributed by atoms with Gasteiger partial charge in [0.2, 0.25) is 10.0 Å². The average molecular weight is 393 g/mol. The van der Waals surface area contributed by atoms with Crippen molar-refractivity contribution < 1.29 is 28.2 Å². The number of anilines is 1. The summed E-state index contributed by atoms with van der Waals surface area (Å²) in [6.07, 6.45) is 1.03. The molecule has 0 bridgehead atoms. The SMILES string of the molecule is CCN(CC)S(=O)(=O)c1ccc(O)c(NC(=O)c2ccc(C(=O)O)cn2)c1. The zero-order valence-electron chi connectivity index (χ0n) is 14.7. The minimum atomic E-state index is -3.77. The average Bonchev–Trinajstić information content (AvgIpc) is 2.64. The Bertz CT molecular complexity index is 953. The summed E-state index contributed by atoms with van der Waals surface area (Å²) >= 11 is 0. The van der Waals surface area contributed by atoms with E-state index < -0.39 is 21.9 Å². The third-order valence-corrected chi connectivity index (χ3v) is 5.85. The van der Waals surface area contributed by atoms with Gasteiger partial charge in [0.1, 0.15) is 11.4 Å². The van der Waals surface area contributed by atoms with Crippen LogP contribution in [0, 0.1) is 0 Å². The molecule has 0 atom stereocenters. The Morgan fingerprint density at radius 2 is 1.81 bits per heavy atom. The van der Waals surface area contributed by atoms with Crippen molar-refractivity contribution in [3.63, 3.8) is 0 Å². The number of nitrogens with one attached hydrogen (secondary N) is 1. The number of carbonyl (C=O) groups excluding carboxylic acids is 1. The van der Waals surface area contributed by atoms with Gasteiger partial charge in [-0.25, -0.2) is 13.2 Å². The predicted octanol–water partition coefficient (Wildman–Crippen LogP) is 1.77. The van der Waals surface area contributed by atoms with Crippen molar-refractivity contribution in [2.24, 2.45) is 0 Å². The van der Waals surface area contributed by atoms with Gasteiger partial charge in [-0.2, -0.15) is 4.31 Å². The van der Waals surface area contributed by atoms with Gasteiger partial charge in [0, 0.05) is 19.3 Å². The van der Waals surface area contributed by atoms with Crippen molar-refractivity contribution in [3.8, 4) is 5.75 Å². The molecule has 0 aliphatic heterocycles. The zero-order chi connectivity index (χ0) is 20.2. The zero-order valence-corrected chi connectivity index (χ0v) is 15.5. The molecular formula is C17H19N3O6S. The van der Waals surface area contributed by atoms with E-state index in [9.17, 15) is 23.1 Å². The molecule has 0 saturated heterocycles.